The van der Waals surface area contributed by atoms with Crippen molar-refractivity contribution in [2.45, 2.75) is 6.54 Å². The van der Waals surface area contributed by atoms with E-state index < -0.39 is 0 Å². The second-order valence-corrected chi connectivity index (χ2v) is 4.30. The van der Waals surface area contributed by atoms with Gasteiger partial charge in [-0.25, -0.2) is 4.98 Å². The molecule has 1 aromatic heterocycles. The summed E-state index contributed by atoms with van der Waals surface area (Å²) in [6.07, 6.45) is 1.58. The van der Waals surface area contributed by atoms with Crippen LogP contribution in [0.3, 0.4) is 0 Å². The Bertz CT molecular complexity index is 561. The molecule has 100 valence electrons. The molecule has 1 aromatic carbocycles. The monoisotopic (exact) mass is 278 g/mol. The summed E-state index contributed by atoms with van der Waals surface area (Å²) in [4.78, 5) is 4.15. The molecule has 1 heterocycles. The van der Waals surface area contributed by atoms with Crippen molar-refractivity contribution >= 4 is 11.6 Å². The minimum atomic E-state index is 0.485. The number of rotatable bonds is 5. The molecule has 0 saturated carbocycles. The molecule has 5 heteroatoms. The predicted molar refractivity (Wildman–Crippen MR) is 75.1 cm³/mol. The van der Waals surface area contributed by atoms with Crippen molar-refractivity contribution < 1.29 is 9.47 Å². The van der Waals surface area contributed by atoms with Crippen LogP contribution in [0.5, 0.6) is 17.4 Å². The first kappa shape index (κ1) is 13.6. The van der Waals surface area contributed by atoms with E-state index in [0.29, 0.717) is 28.9 Å². The van der Waals surface area contributed by atoms with Crippen molar-refractivity contribution in [3.8, 4) is 17.4 Å². The zero-order chi connectivity index (χ0) is 13.7. The van der Waals surface area contributed by atoms with E-state index >= 15 is 0 Å². The van der Waals surface area contributed by atoms with Crippen LogP contribution in [0.15, 0.2) is 36.5 Å². The summed E-state index contributed by atoms with van der Waals surface area (Å²) in [7, 11) is 3.46. The summed E-state index contributed by atoms with van der Waals surface area (Å²) >= 11 is 6.05. The lowest BCUT2D eigenvalue weighted by molar-refractivity contribution is 0.374. The van der Waals surface area contributed by atoms with Gasteiger partial charge in [0.1, 0.15) is 0 Å². The van der Waals surface area contributed by atoms with Crippen molar-refractivity contribution in [2.24, 2.45) is 0 Å². The summed E-state index contributed by atoms with van der Waals surface area (Å²) in [6, 6.07) is 9.23. The van der Waals surface area contributed by atoms with Crippen LogP contribution in [0, 0.1) is 0 Å². The largest absolute Gasteiger partial charge is 0.493 e. The van der Waals surface area contributed by atoms with Gasteiger partial charge in [0.15, 0.2) is 11.5 Å². The highest BCUT2D eigenvalue weighted by atomic mass is 35.5. The van der Waals surface area contributed by atoms with Crippen molar-refractivity contribution in [3.63, 3.8) is 0 Å². The number of hydrogen-bond donors (Lipinski definition) is 1. The van der Waals surface area contributed by atoms with Crippen molar-refractivity contribution in [2.75, 3.05) is 14.2 Å². The number of aromatic nitrogens is 1. The van der Waals surface area contributed by atoms with E-state index in [2.05, 4.69) is 10.3 Å². The number of ether oxygens (including phenoxy) is 2. The molecule has 0 amide bonds. The molecule has 0 radical (unpaired) electrons. The van der Waals surface area contributed by atoms with Crippen molar-refractivity contribution in [1.82, 2.24) is 10.3 Å². The summed E-state index contributed by atoms with van der Waals surface area (Å²) in [5.41, 5.74) is 0.934. The topological polar surface area (TPSA) is 43.4 Å². The number of benzene rings is 1. The minimum absolute atomic E-state index is 0.485. The second kappa shape index (κ2) is 6.41. The number of nitrogens with zero attached hydrogens (tertiary/aromatic N) is 1. The van der Waals surface area contributed by atoms with Crippen molar-refractivity contribution in [3.05, 3.63) is 47.1 Å². The van der Waals surface area contributed by atoms with E-state index in [1.165, 1.54) is 0 Å². The van der Waals surface area contributed by atoms with Crippen molar-refractivity contribution in [1.29, 1.82) is 0 Å². The van der Waals surface area contributed by atoms with Gasteiger partial charge in [-0.05, 0) is 24.7 Å². The zero-order valence-electron chi connectivity index (χ0n) is 10.8. The van der Waals surface area contributed by atoms with Gasteiger partial charge in [0.05, 0.1) is 12.1 Å². The van der Waals surface area contributed by atoms with E-state index in [0.717, 1.165) is 5.56 Å². The number of hydrogen-bond acceptors (Lipinski definition) is 4. The molecule has 0 unspecified atom stereocenters. The summed E-state index contributed by atoms with van der Waals surface area (Å²) in [6.45, 7) is 0.656. The van der Waals surface area contributed by atoms with Gasteiger partial charge >= 0.3 is 0 Å². The average Bonchev–Trinajstić information content (AvgIpc) is 2.43. The van der Waals surface area contributed by atoms with Gasteiger partial charge in [-0.15, -0.1) is 0 Å². The van der Waals surface area contributed by atoms with Gasteiger partial charge in [0.25, 0.3) is 0 Å². The van der Waals surface area contributed by atoms with Gasteiger partial charge in [-0.1, -0.05) is 23.7 Å². The van der Waals surface area contributed by atoms with E-state index in [9.17, 15) is 0 Å². The minimum Gasteiger partial charge on any atom is -0.493 e. The third kappa shape index (κ3) is 3.36. The van der Waals surface area contributed by atoms with Gasteiger partial charge in [-0.3, -0.25) is 0 Å². The predicted octanol–water partition coefficient (Wildman–Crippen LogP) is 3.26. The third-order valence-corrected chi connectivity index (χ3v) is 2.90. The van der Waals surface area contributed by atoms with Gasteiger partial charge in [0.2, 0.25) is 5.88 Å². The van der Waals surface area contributed by atoms with Gasteiger partial charge in [0, 0.05) is 18.8 Å². The van der Waals surface area contributed by atoms with E-state index in [1.54, 1.807) is 13.3 Å². The first-order valence-corrected chi connectivity index (χ1v) is 6.22. The molecule has 19 heavy (non-hydrogen) atoms. The lowest BCUT2D eigenvalue weighted by Crippen LogP contribution is -2.06. The van der Waals surface area contributed by atoms with E-state index in [1.807, 2.05) is 37.4 Å². The third-order valence-electron chi connectivity index (χ3n) is 2.56. The Labute approximate surface area is 117 Å². The molecule has 2 rings (SSSR count). The molecular weight excluding hydrogens is 264 g/mol. The van der Waals surface area contributed by atoms with Crippen LogP contribution in [-0.4, -0.2) is 19.1 Å². The number of nitrogens with one attached hydrogen (secondary N) is 1. The molecule has 0 aliphatic heterocycles. The highest BCUT2D eigenvalue weighted by Gasteiger charge is 2.08. The Kier molecular flexibility index (Phi) is 4.60. The molecule has 1 N–H and O–H groups in total. The molecule has 0 bridgehead atoms. The molecule has 4 nitrogen and oxygen atoms in total. The molecule has 0 saturated heterocycles. The van der Waals surface area contributed by atoms with Crippen LogP contribution in [0.2, 0.25) is 5.02 Å². The first-order valence-electron chi connectivity index (χ1n) is 5.84. The Hall–Kier alpha value is -1.78. The molecule has 0 aliphatic carbocycles. The highest BCUT2D eigenvalue weighted by Crippen LogP contribution is 2.31. The van der Waals surface area contributed by atoms with Crippen LogP contribution in [-0.2, 0) is 6.54 Å². The molecule has 0 spiro atoms. The second-order valence-electron chi connectivity index (χ2n) is 3.90. The molecule has 2 aromatic rings. The standard InChI is InChI=1S/C14H15ClN2O2/c1-16-8-10-7-14(17-9-11(10)15)19-13-6-4-3-5-12(13)18-2/h3-7,9,16H,8H2,1-2H3. The normalized spacial score (nSPS) is 10.3. The Balaban J connectivity index is 2.25. The number of halogens is 1. The Morgan fingerprint density at radius 3 is 2.68 bits per heavy atom. The van der Waals surface area contributed by atoms with E-state index in [-0.39, 0.29) is 0 Å². The Morgan fingerprint density at radius 1 is 1.26 bits per heavy atom. The fourth-order valence-corrected chi connectivity index (χ4v) is 1.83. The number of pyridine rings is 1. The number of methoxy groups -OCH3 is 1. The molecular formula is C14H15ClN2O2. The van der Waals surface area contributed by atoms with Gasteiger partial charge in [-0.2, -0.15) is 0 Å². The SMILES string of the molecule is CNCc1cc(Oc2ccccc2OC)ncc1Cl. The smallest absolute Gasteiger partial charge is 0.219 e. The average molecular weight is 279 g/mol. The van der Waals surface area contributed by atoms with Crippen LogP contribution < -0.4 is 14.8 Å². The molecule has 0 aliphatic rings. The lowest BCUT2D eigenvalue weighted by Gasteiger charge is -2.10. The fraction of sp³-hybridized carbons (Fsp3) is 0.214. The van der Waals surface area contributed by atoms with E-state index in [4.69, 9.17) is 21.1 Å². The summed E-state index contributed by atoms with van der Waals surface area (Å²) < 4.78 is 10.9. The fourth-order valence-electron chi connectivity index (χ4n) is 1.66. The van der Waals surface area contributed by atoms with Crippen LogP contribution in [0.4, 0.5) is 0 Å². The maximum Gasteiger partial charge on any atom is 0.219 e. The van der Waals surface area contributed by atoms with Crippen LogP contribution in [0.25, 0.3) is 0 Å². The number of para-hydroxylation sites is 2. The summed E-state index contributed by atoms with van der Waals surface area (Å²) in [5.74, 6) is 1.77. The van der Waals surface area contributed by atoms with Gasteiger partial charge < -0.3 is 14.8 Å². The lowest BCUT2D eigenvalue weighted by atomic mass is 10.2. The zero-order valence-corrected chi connectivity index (χ0v) is 11.6. The van der Waals surface area contributed by atoms with Crippen LogP contribution >= 0.6 is 11.6 Å². The maximum absolute atomic E-state index is 6.05. The maximum atomic E-state index is 6.05. The molecule has 0 fully saturated rings. The highest BCUT2D eigenvalue weighted by molar-refractivity contribution is 6.31. The van der Waals surface area contributed by atoms with Crippen LogP contribution in [0.1, 0.15) is 5.56 Å². The summed E-state index contributed by atoms with van der Waals surface area (Å²) in [5, 5.41) is 3.66. The Morgan fingerprint density at radius 2 is 2.00 bits per heavy atom. The quantitative estimate of drug-likeness (QED) is 0.912. The first-order chi connectivity index (χ1) is 9.24. The molecule has 0 atom stereocenters.